The molecule has 0 saturated heterocycles. The third-order valence-corrected chi connectivity index (χ3v) is 5.24. The molecular formula is C23H29N5O4. The van der Waals surface area contributed by atoms with Crippen molar-refractivity contribution in [2.24, 2.45) is 0 Å². The van der Waals surface area contributed by atoms with E-state index >= 15 is 0 Å². The third kappa shape index (κ3) is 4.99. The highest BCUT2D eigenvalue weighted by molar-refractivity contribution is 6.06. The second-order valence-electron chi connectivity index (χ2n) is 7.60. The largest absolute Gasteiger partial charge is 0.383 e. The molecule has 3 N–H and O–H groups in total. The quantitative estimate of drug-likeness (QED) is 0.466. The normalized spacial score (nSPS) is 10.9. The number of anilines is 2. The van der Waals surface area contributed by atoms with E-state index in [4.69, 9.17) is 10.3 Å². The number of nitrogens with zero attached hydrogens (tertiary/aromatic N) is 3. The summed E-state index contributed by atoms with van der Waals surface area (Å²) in [5.41, 5.74) is 5.77. The van der Waals surface area contributed by atoms with Gasteiger partial charge < -0.3 is 10.3 Å². The number of unbranched alkanes of at least 4 members (excludes halogenated alkanes) is 3. The molecule has 0 atom stereocenters. The summed E-state index contributed by atoms with van der Waals surface area (Å²) >= 11 is 0. The SMILES string of the molecule is CCCCCN(C(=O)c1cc(-c2ccccc2)on1)c1c(N)n(CCCC)c(=O)[nH]c1=O. The Morgan fingerprint density at radius 3 is 2.53 bits per heavy atom. The van der Waals surface area contributed by atoms with E-state index < -0.39 is 17.2 Å². The molecule has 2 aromatic heterocycles. The molecule has 0 aliphatic rings. The smallest absolute Gasteiger partial charge is 0.330 e. The van der Waals surface area contributed by atoms with Crippen LogP contribution >= 0.6 is 0 Å². The van der Waals surface area contributed by atoms with Gasteiger partial charge in [0, 0.05) is 24.7 Å². The van der Waals surface area contributed by atoms with Gasteiger partial charge in [-0.1, -0.05) is 68.6 Å². The number of carbonyl (C=O) groups excluding carboxylic acids is 1. The molecule has 0 radical (unpaired) electrons. The lowest BCUT2D eigenvalue weighted by Crippen LogP contribution is -2.41. The van der Waals surface area contributed by atoms with E-state index in [-0.39, 0.29) is 23.7 Å². The average molecular weight is 440 g/mol. The number of benzene rings is 1. The minimum absolute atomic E-state index is 0.0242. The molecule has 0 bridgehead atoms. The van der Waals surface area contributed by atoms with Gasteiger partial charge in [-0.2, -0.15) is 0 Å². The fourth-order valence-electron chi connectivity index (χ4n) is 3.46. The summed E-state index contributed by atoms with van der Waals surface area (Å²) in [6.45, 7) is 4.65. The van der Waals surface area contributed by atoms with Gasteiger partial charge in [0.05, 0.1) is 0 Å². The Labute approximate surface area is 185 Å². The lowest BCUT2D eigenvalue weighted by Gasteiger charge is -2.23. The number of carbonyl (C=O) groups is 1. The van der Waals surface area contributed by atoms with Crippen molar-refractivity contribution in [1.29, 1.82) is 0 Å². The minimum atomic E-state index is -0.697. The number of rotatable bonds is 10. The van der Waals surface area contributed by atoms with Gasteiger partial charge in [-0.25, -0.2) is 4.79 Å². The first-order valence-corrected chi connectivity index (χ1v) is 10.9. The number of amides is 1. The lowest BCUT2D eigenvalue weighted by molar-refractivity contribution is 0.0977. The molecule has 0 aliphatic heterocycles. The van der Waals surface area contributed by atoms with Crippen LogP contribution in [0.1, 0.15) is 56.4 Å². The number of nitrogens with two attached hydrogens (primary N) is 1. The van der Waals surface area contributed by atoms with Crippen LogP contribution in [0.4, 0.5) is 11.5 Å². The highest BCUT2D eigenvalue weighted by Crippen LogP contribution is 2.24. The van der Waals surface area contributed by atoms with Crippen LogP contribution in [0.15, 0.2) is 50.5 Å². The van der Waals surface area contributed by atoms with Crippen molar-refractivity contribution in [2.45, 2.75) is 52.5 Å². The first-order valence-electron chi connectivity index (χ1n) is 10.9. The van der Waals surface area contributed by atoms with Crippen molar-refractivity contribution in [3.63, 3.8) is 0 Å². The number of hydrogen-bond acceptors (Lipinski definition) is 6. The minimum Gasteiger partial charge on any atom is -0.383 e. The van der Waals surface area contributed by atoms with E-state index in [1.807, 2.05) is 44.2 Å². The maximum absolute atomic E-state index is 13.4. The summed E-state index contributed by atoms with van der Waals surface area (Å²) in [5, 5.41) is 3.93. The maximum atomic E-state index is 13.4. The van der Waals surface area contributed by atoms with Crippen molar-refractivity contribution in [3.8, 4) is 11.3 Å². The number of aromatic amines is 1. The van der Waals surface area contributed by atoms with Crippen LogP contribution in [-0.4, -0.2) is 27.2 Å². The van der Waals surface area contributed by atoms with Crippen molar-refractivity contribution in [3.05, 3.63) is 62.9 Å². The van der Waals surface area contributed by atoms with E-state index in [0.29, 0.717) is 25.1 Å². The van der Waals surface area contributed by atoms with Crippen LogP contribution in [0, 0.1) is 0 Å². The van der Waals surface area contributed by atoms with Crippen molar-refractivity contribution < 1.29 is 9.32 Å². The van der Waals surface area contributed by atoms with Crippen molar-refractivity contribution in [2.75, 3.05) is 17.2 Å². The van der Waals surface area contributed by atoms with E-state index in [0.717, 1.165) is 24.8 Å². The van der Waals surface area contributed by atoms with Crippen molar-refractivity contribution >= 4 is 17.4 Å². The molecule has 0 aliphatic carbocycles. The zero-order chi connectivity index (χ0) is 23.1. The number of nitrogen functional groups attached to an aromatic ring is 1. The standard InChI is InChI=1S/C23H29N5O4/c1-3-5-10-14-27(19-20(24)28(13-6-4-2)23(31)25-21(19)29)22(30)17-15-18(32-26-17)16-11-8-7-9-12-16/h7-9,11-12,15H,3-6,10,13-14,24H2,1-2H3,(H,25,29,31). The van der Waals surface area contributed by atoms with Crippen LogP contribution in [0.3, 0.4) is 0 Å². The molecule has 0 fully saturated rings. The first kappa shape index (κ1) is 23.1. The molecule has 170 valence electrons. The number of H-pyrrole nitrogens is 1. The van der Waals surface area contributed by atoms with Crippen LogP contribution in [0.5, 0.6) is 0 Å². The van der Waals surface area contributed by atoms with Gasteiger partial charge in [-0.3, -0.25) is 24.0 Å². The predicted molar refractivity (Wildman–Crippen MR) is 124 cm³/mol. The summed E-state index contributed by atoms with van der Waals surface area (Å²) in [6.07, 6.45) is 4.03. The molecule has 0 saturated carbocycles. The molecule has 3 aromatic rings. The topological polar surface area (TPSA) is 127 Å². The van der Waals surface area contributed by atoms with Gasteiger partial charge >= 0.3 is 5.69 Å². The highest BCUT2D eigenvalue weighted by atomic mass is 16.5. The van der Waals surface area contributed by atoms with Crippen LogP contribution < -0.4 is 21.9 Å². The fraction of sp³-hybridized carbons (Fsp3) is 0.391. The molecule has 9 nitrogen and oxygen atoms in total. The van der Waals surface area contributed by atoms with Crippen LogP contribution in [0.25, 0.3) is 11.3 Å². The molecular weight excluding hydrogens is 410 g/mol. The Hall–Kier alpha value is -3.62. The van der Waals surface area contributed by atoms with E-state index in [1.165, 1.54) is 9.47 Å². The second kappa shape index (κ2) is 10.6. The Morgan fingerprint density at radius 1 is 1.12 bits per heavy atom. The van der Waals surface area contributed by atoms with Crippen molar-refractivity contribution in [1.82, 2.24) is 14.7 Å². The van der Waals surface area contributed by atoms with Gasteiger partial charge in [-0.05, 0) is 12.8 Å². The zero-order valence-electron chi connectivity index (χ0n) is 18.5. The highest BCUT2D eigenvalue weighted by Gasteiger charge is 2.27. The monoisotopic (exact) mass is 439 g/mol. The Morgan fingerprint density at radius 2 is 1.84 bits per heavy atom. The number of nitrogens with one attached hydrogen (secondary N) is 1. The zero-order valence-corrected chi connectivity index (χ0v) is 18.5. The molecule has 32 heavy (non-hydrogen) atoms. The van der Waals surface area contributed by atoms with E-state index in [9.17, 15) is 14.4 Å². The number of aromatic nitrogens is 3. The molecule has 3 rings (SSSR count). The van der Waals surface area contributed by atoms with Gasteiger partial charge in [0.2, 0.25) is 0 Å². The molecule has 2 heterocycles. The van der Waals surface area contributed by atoms with Gasteiger partial charge in [0.15, 0.2) is 17.1 Å². The van der Waals surface area contributed by atoms with E-state index in [1.54, 1.807) is 6.07 Å². The summed E-state index contributed by atoms with van der Waals surface area (Å²) in [5.74, 6) is -0.0917. The van der Waals surface area contributed by atoms with Gasteiger partial charge in [0.25, 0.3) is 11.5 Å². The molecule has 0 spiro atoms. The summed E-state index contributed by atoms with van der Waals surface area (Å²) in [7, 11) is 0. The Kier molecular flexibility index (Phi) is 7.64. The maximum Gasteiger partial charge on any atom is 0.330 e. The summed E-state index contributed by atoms with van der Waals surface area (Å²) in [4.78, 5) is 42.0. The molecule has 1 amide bonds. The summed E-state index contributed by atoms with van der Waals surface area (Å²) in [6, 6.07) is 10.8. The van der Waals surface area contributed by atoms with Gasteiger partial charge in [-0.15, -0.1) is 0 Å². The average Bonchev–Trinajstić information content (AvgIpc) is 3.28. The van der Waals surface area contributed by atoms with Crippen LogP contribution in [-0.2, 0) is 6.54 Å². The molecule has 0 unspecified atom stereocenters. The van der Waals surface area contributed by atoms with Gasteiger partial charge in [0.1, 0.15) is 5.82 Å². The van der Waals surface area contributed by atoms with Crippen LogP contribution in [0.2, 0.25) is 0 Å². The molecule has 1 aromatic carbocycles. The second-order valence-corrected chi connectivity index (χ2v) is 7.60. The third-order valence-electron chi connectivity index (χ3n) is 5.24. The Balaban J connectivity index is 2.02. The number of hydrogen-bond donors (Lipinski definition) is 2. The van der Waals surface area contributed by atoms with E-state index in [2.05, 4.69) is 10.1 Å². The Bertz CT molecular complexity index is 1160. The predicted octanol–water partition coefficient (Wildman–Crippen LogP) is 3.41. The first-order chi connectivity index (χ1) is 15.5. The fourth-order valence-corrected chi connectivity index (χ4v) is 3.46. The molecule has 9 heteroatoms. The summed E-state index contributed by atoms with van der Waals surface area (Å²) < 4.78 is 6.67. The lowest BCUT2D eigenvalue weighted by atomic mass is 10.1.